The quantitative estimate of drug-likeness (QED) is 0.461. The third-order valence-corrected chi connectivity index (χ3v) is 6.37. The van der Waals surface area contributed by atoms with E-state index in [4.69, 9.17) is 11.6 Å². The molecule has 148 valence electrons. The van der Waals surface area contributed by atoms with E-state index in [1.54, 1.807) is 0 Å². The largest absolute Gasteiger partial charge is 0.369 e. The van der Waals surface area contributed by atoms with Gasteiger partial charge in [-0.15, -0.1) is 0 Å². The van der Waals surface area contributed by atoms with Gasteiger partial charge in [0, 0.05) is 54.0 Å². The maximum Gasteiger partial charge on any atom is 0.230 e. The van der Waals surface area contributed by atoms with Gasteiger partial charge in [-0.05, 0) is 42.0 Å². The summed E-state index contributed by atoms with van der Waals surface area (Å²) < 4.78 is 1.07. The lowest BCUT2D eigenvalue weighted by atomic mass is 10.1. The minimum atomic E-state index is -0.0905. The summed E-state index contributed by atoms with van der Waals surface area (Å²) in [4.78, 5) is 22.8. The minimum Gasteiger partial charge on any atom is -0.369 e. The Hall–Kier alpha value is -2.61. The second-order valence-electron chi connectivity index (χ2n) is 7.14. The maximum absolute atomic E-state index is 12.6. The first-order valence-corrected chi connectivity index (χ1v) is 10.8. The highest BCUT2D eigenvalue weighted by Gasteiger charge is 2.14. The molecule has 29 heavy (non-hydrogen) atoms. The van der Waals surface area contributed by atoms with E-state index in [1.807, 2.05) is 24.4 Å². The Bertz CT molecular complexity index is 1190. The van der Waals surface area contributed by atoms with Gasteiger partial charge in [0.05, 0.1) is 16.6 Å². The van der Waals surface area contributed by atoms with Gasteiger partial charge in [-0.2, -0.15) is 0 Å². The van der Waals surface area contributed by atoms with Crippen LogP contribution >= 0.6 is 22.9 Å². The highest BCUT2D eigenvalue weighted by molar-refractivity contribution is 7.22. The van der Waals surface area contributed by atoms with Crippen LogP contribution in [0.25, 0.3) is 21.1 Å². The monoisotopic (exact) mass is 425 g/mol. The van der Waals surface area contributed by atoms with Crippen molar-refractivity contribution in [2.75, 3.05) is 36.4 Å². The lowest BCUT2D eigenvalue weighted by molar-refractivity contribution is -0.115. The number of piperazine rings is 1. The molecule has 5 rings (SSSR count). The van der Waals surface area contributed by atoms with Crippen molar-refractivity contribution < 1.29 is 4.79 Å². The SMILES string of the molecule is O=C(Cc1c[nH]c2ccc(Cl)cc12)Nc1nc2cc(N3CCNCC3)ccc2s1. The maximum atomic E-state index is 12.6. The summed E-state index contributed by atoms with van der Waals surface area (Å²) in [5, 5.41) is 8.57. The summed E-state index contributed by atoms with van der Waals surface area (Å²) in [6.07, 6.45) is 2.13. The first-order chi connectivity index (χ1) is 14.2. The molecule has 3 heterocycles. The number of nitrogens with zero attached hydrogens (tertiary/aromatic N) is 2. The van der Waals surface area contributed by atoms with Crippen molar-refractivity contribution in [2.24, 2.45) is 0 Å². The number of aromatic nitrogens is 2. The molecule has 2 aromatic carbocycles. The first-order valence-electron chi connectivity index (χ1n) is 9.57. The summed E-state index contributed by atoms with van der Waals surface area (Å²) in [7, 11) is 0. The van der Waals surface area contributed by atoms with Gasteiger partial charge in [0.1, 0.15) is 0 Å². The first kappa shape index (κ1) is 18.4. The third-order valence-electron chi connectivity index (χ3n) is 5.18. The minimum absolute atomic E-state index is 0.0905. The molecule has 1 amide bonds. The zero-order valence-corrected chi connectivity index (χ0v) is 17.2. The van der Waals surface area contributed by atoms with Crippen molar-refractivity contribution in [1.29, 1.82) is 0 Å². The molecule has 6 nitrogen and oxygen atoms in total. The number of halogens is 1. The molecule has 8 heteroatoms. The molecule has 1 aliphatic heterocycles. The Morgan fingerprint density at radius 1 is 1.21 bits per heavy atom. The number of rotatable bonds is 4. The van der Waals surface area contributed by atoms with Crippen LogP contribution in [0.5, 0.6) is 0 Å². The number of hydrogen-bond acceptors (Lipinski definition) is 5. The summed E-state index contributed by atoms with van der Waals surface area (Å²) in [5.41, 5.74) is 3.98. The predicted octanol–water partition coefficient (Wildman–Crippen LogP) is 4.02. The van der Waals surface area contributed by atoms with Crippen molar-refractivity contribution >= 4 is 60.8 Å². The fourth-order valence-electron chi connectivity index (χ4n) is 3.72. The highest BCUT2D eigenvalue weighted by Crippen LogP contribution is 2.30. The molecule has 2 aromatic heterocycles. The molecule has 0 saturated carbocycles. The molecule has 0 unspecified atom stereocenters. The molecule has 4 aromatic rings. The van der Waals surface area contributed by atoms with Gasteiger partial charge < -0.3 is 20.5 Å². The molecule has 1 saturated heterocycles. The topological polar surface area (TPSA) is 73.0 Å². The van der Waals surface area contributed by atoms with E-state index < -0.39 is 0 Å². The van der Waals surface area contributed by atoms with E-state index in [-0.39, 0.29) is 12.3 Å². The van der Waals surface area contributed by atoms with Crippen LogP contribution in [0, 0.1) is 0 Å². The molecule has 0 aliphatic carbocycles. The zero-order valence-electron chi connectivity index (χ0n) is 15.7. The van der Waals surface area contributed by atoms with Crippen LogP contribution in [-0.2, 0) is 11.2 Å². The van der Waals surface area contributed by atoms with E-state index >= 15 is 0 Å². The standard InChI is InChI=1S/C21H20ClN5OS/c22-14-1-3-17-16(10-14)13(12-24-17)9-20(28)26-21-25-18-11-15(2-4-19(18)29-21)27-7-5-23-6-8-27/h1-4,10-12,23-24H,5-9H2,(H,25,26,28). The molecule has 0 spiro atoms. The lowest BCUT2D eigenvalue weighted by Gasteiger charge is -2.29. The fourth-order valence-corrected chi connectivity index (χ4v) is 4.76. The Balaban J connectivity index is 1.32. The number of H-pyrrole nitrogens is 1. The van der Waals surface area contributed by atoms with Gasteiger partial charge in [-0.1, -0.05) is 22.9 Å². The van der Waals surface area contributed by atoms with Crippen molar-refractivity contribution in [2.45, 2.75) is 6.42 Å². The van der Waals surface area contributed by atoms with Gasteiger partial charge in [0.15, 0.2) is 5.13 Å². The number of nitrogens with one attached hydrogen (secondary N) is 3. The third kappa shape index (κ3) is 3.81. The summed E-state index contributed by atoms with van der Waals surface area (Å²) >= 11 is 7.59. The number of carbonyl (C=O) groups is 1. The fraction of sp³-hybridized carbons (Fsp3) is 0.238. The average molecular weight is 426 g/mol. The van der Waals surface area contributed by atoms with Crippen LogP contribution in [0.1, 0.15) is 5.56 Å². The normalized spacial score (nSPS) is 14.6. The van der Waals surface area contributed by atoms with Crippen LogP contribution in [-0.4, -0.2) is 42.1 Å². The van der Waals surface area contributed by atoms with Gasteiger partial charge >= 0.3 is 0 Å². The Labute approximate surface area is 176 Å². The van der Waals surface area contributed by atoms with Gasteiger partial charge in [-0.3, -0.25) is 4.79 Å². The van der Waals surface area contributed by atoms with E-state index in [0.717, 1.165) is 52.9 Å². The molecule has 0 atom stereocenters. The van der Waals surface area contributed by atoms with E-state index in [9.17, 15) is 4.79 Å². The number of thiazole rings is 1. The van der Waals surface area contributed by atoms with Crippen molar-refractivity contribution in [3.05, 3.63) is 53.2 Å². The van der Waals surface area contributed by atoms with Crippen LogP contribution in [0.4, 0.5) is 10.8 Å². The van der Waals surface area contributed by atoms with Crippen molar-refractivity contribution in [3.8, 4) is 0 Å². The number of aromatic amines is 1. The van der Waals surface area contributed by atoms with Crippen molar-refractivity contribution in [3.63, 3.8) is 0 Å². The van der Waals surface area contributed by atoms with Gasteiger partial charge in [0.2, 0.25) is 5.91 Å². The smallest absolute Gasteiger partial charge is 0.230 e. The Kier molecular flexibility index (Phi) is 4.87. The van der Waals surface area contributed by atoms with E-state index in [2.05, 4.69) is 43.7 Å². The Morgan fingerprint density at radius 2 is 2.07 bits per heavy atom. The zero-order chi connectivity index (χ0) is 19.8. The number of anilines is 2. The van der Waals surface area contributed by atoms with Crippen LogP contribution in [0.2, 0.25) is 5.02 Å². The molecule has 0 bridgehead atoms. The van der Waals surface area contributed by atoms with Gasteiger partial charge in [-0.25, -0.2) is 4.98 Å². The second kappa shape index (κ2) is 7.67. The van der Waals surface area contributed by atoms with E-state index in [1.165, 1.54) is 17.0 Å². The van der Waals surface area contributed by atoms with Crippen LogP contribution < -0.4 is 15.5 Å². The lowest BCUT2D eigenvalue weighted by Crippen LogP contribution is -2.43. The van der Waals surface area contributed by atoms with Gasteiger partial charge in [0.25, 0.3) is 0 Å². The second-order valence-corrected chi connectivity index (χ2v) is 8.60. The summed E-state index contributed by atoms with van der Waals surface area (Å²) in [6.45, 7) is 3.98. The van der Waals surface area contributed by atoms with E-state index in [0.29, 0.717) is 10.2 Å². The number of amides is 1. The number of hydrogen-bond donors (Lipinski definition) is 3. The molecule has 1 fully saturated rings. The Morgan fingerprint density at radius 3 is 2.93 bits per heavy atom. The number of carbonyl (C=O) groups excluding carboxylic acids is 1. The number of fused-ring (bicyclic) bond motifs is 2. The molecule has 1 aliphatic rings. The van der Waals surface area contributed by atoms with Crippen molar-refractivity contribution in [1.82, 2.24) is 15.3 Å². The summed E-state index contributed by atoms with van der Waals surface area (Å²) in [6, 6.07) is 12.0. The molecular weight excluding hydrogens is 406 g/mol. The summed E-state index contributed by atoms with van der Waals surface area (Å²) in [5.74, 6) is -0.0905. The average Bonchev–Trinajstić information content (AvgIpc) is 3.31. The highest BCUT2D eigenvalue weighted by atomic mass is 35.5. The molecule has 3 N–H and O–H groups in total. The predicted molar refractivity (Wildman–Crippen MR) is 120 cm³/mol. The van der Waals surface area contributed by atoms with Crippen LogP contribution in [0.3, 0.4) is 0 Å². The number of benzene rings is 2. The van der Waals surface area contributed by atoms with Crippen LogP contribution in [0.15, 0.2) is 42.6 Å². The molecular formula is C21H20ClN5OS. The molecule has 0 radical (unpaired) electrons.